The number of para-hydroxylation sites is 1. The van der Waals surface area contributed by atoms with Crippen molar-refractivity contribution in [1.82, 2.24) is 4.98 Å². The van der Waals surface area contributed by atoms with E-state index in [2.05, 4.69) is 40.3 Å². The van der Waals surface area contributed by atoms with Crippen LogP contribution in [-0.2, 0) is 11.3 Å². The number of anilines is 2. The normalized spacial score (nSPS) is 16.0. The number of likely N-dealkylation sites (N-methyl/N-ethyl adjacent to an activating group) is 2. The van der Waals surface area contributed by atoms with Crippen molar-refractivity contribution in [3.8, 4) is 0 Å². The minimum atomic E-state index is 0.0292. The Balaban J connectivity index is 1.27. The second kappa shape index (κ2) is 9.55. The molecule has 3 aromatic rings. The number of benzene rings is 2. The zero-order valence-corrected chi connectivity index (χ0v) is 18.6. The standard InChI is InChI=1S/C23H29N5OS/c1-3-27-12-14-28(15-13-27)19-10-8-18(9-11-19)24-22(29)16-26(2)17-23-25-20-6-4-5-7-21(20)30-23/h4-11H,3,12-17H2,1-2H3,(H,24,29)/p+2. The molecule has 4 rings (SSSR count). The van der Waals surface area contributed by atoms with Gasteiger partial charge in [0.1, 0.15) is 11.6 Å². The maximum atomic E-state index is 12.5. The second-order valence-electron chi connectivity index (χ2n) is 8.07. The molecule has 3 N–H and O–H groups in total. The fraction of sp³-hybridized carbons (Fsp3) is 0.391. The lowest BCUT2D eigenvalue weighted by Gasteiger charge is -2.33. The number of carbonyl (C=O) groups is 1. The van der Waals surface area contributed by atoms with Gasteiger partial charge in [-0.1, -0.05) is 12.1 Å². The van der Waals surface area contributed by atoms with Crippen molar-refractivity contribution in [2.24, 2.45) is 0 Å². The first-order chi connectivity index (χ1) is 14.6. The summed E-state index contributed by atoms with van der Waals surface area (Å²) in [6, 6.07) is 16.4. The van der Waals surface area contributed by atoms with Crippen LogP contribution in [-0.4, -0.2) is 57.2 Å². The van der Waals surface area contributed by atoms with Gasteiger partial charge in [0, 0.05) is 11.4 Å². The number of nitrogens with zero attached hydrogens (tertiary/aromatic N) is 2. The molecule has 30 heavy (non-hydrogen) atoms. The summed E-state index contributed by atoms with van der Waals surface area (Å²) in [6.07, 6.45) is 0. The molecule has 1 amide bonds. The largest absolute Gasteiger partial charge is 0.360 e. The lowest BCUT2D eigenvalue weighted by atomic mass is 10.2. The van der Waals surface area contributed by atoms with Crippen LogP contribution in [0.25, 0.3) is 10.2 Å². The summed E-state index contributed by atoms with van der Waals surface area (Å²) >= 11 is 1.70. The van der Waals surface area contributed by atoms with Gasteiger partial charge in [-0.2, -0.15) is 0 Å². The molecule has 0 saturated carbocycles. The summed E-state index contributed by atoms with van der Waals surface area (Å²) in [4.78, 5) is 22.4. The number of rotatable bonds is 7. The molecule has 1 fully saturated rings. The Bertz CT molecular complexity index is 946. The molecule has 1 atom stereocenters. The molecule has 0 radical (unpaired) electrons. The SMILES string of the molecule is CC[NH+]1CCN(c2ccc(NC(=O)C[NH+](C)Cc3nc4ccccc4s3)cc2)CC1. The highest BCUT2D eigenvalue weighted by Gasteiger charge is 2.19. The van der Waals surface area contributed by atoms with E-state index in [1.807, 2.05) is 37.4 Å². The highest BCUT2D eigenvalue weighted by atomic mass is 32.1. The van der Waals surface area contributed by atoms with E-state index in [9.17, 15) is 4.79 Å². The summed E-state index contributed by atoms with van der Waals surface area (Å²) < 4.78 is 1.20. The molecule has 158 valence electrons. The van der Waals surface area contributed by atoms with E-state index in [0.717, 1.165) is 40.7 Å². The van der Waals surface area contributed by atoms with E-state index in [1.54, 1.807) is 16.2 Å². The third kappa shape index (κ3) is 5.16. The molecule has 1 aliphatic heterocycles. The molecule has 2 aromatic carbocycles. The highest BCUT2D eigenvalue weighted by Crippen LogP contribution is 2.21. The lowest BCUT2D eigenvalue weighted by Crippen LogP contribution is -3.14. The van der Waals surface area contributed by atoms with Crippen LogP contribution in [0.3, 0.4) is 0 Å². The van der Waals surface area contributed by atoms with E-state index >= 15 is 0 Å². The molecule has 0 spiro atoms. The van der Waals surface area contributed by atoms with E-state index in [1.165, 1.54) is 30.0 Å². The van der Waals surface area contributed by atoms with Crippen LogP contribution in [0.2, 0.25) is 0 Å². The summed E-state index contributed by atoms with van der Waals surface area (Å²) in [5.41, 5.74) is 3.13. The first-order valence-electron chi connectivity index (χ1n) is 10.7. The third-order valence-electron chi connectivity index (χ3n) is 5.74. The van der Waals surface area contributed by atoms with Gasteiger partial charge in [0.15, 0.2) is 6.54 Å². The molecule has 2 heterocycles. The van der Waals surface area contributed by atoms with E-state index in [-0.39, 0.29) is 5.91 Å². The van der Waals surface area contributed by atoms with Gasteiger partial charge in [0.05, 0.1) is 50.0 Å². The Morgan fingerprint density at radius 2 is 1.90 bits per heavy atom. The Hall–Kier alpha value is -2.48. The van der Waals surface area contributed by atoms with Crippen LogP contribution in [0.5, 0.6) is 0 Å². The number of carbonyl (C=O) groups excluding carboxylic acids is 1. The van der Waals surface area contributed by atoms with Crippen LogP contribution in [0.4, 0.5) is 11.4 Å². The summed E-state index contributed by atoms with van der Waals surface area (Å²) in [7, 11) is 2.03. The summed E-state index contributed by atoms with van der Waals surface area (Å²) in [5.74, 6) is 0.0292. The maximum Gasteiger partial charge on any atom is 0.279 e. The number of hydrogen-bond donors (Lipinski definition) is 3. The van der Waals surface area contributed by atoms with Crippen LogP contribution in [0.1, 0.15) is 11.9 Å². The fourth-order valence-corrected chi connectivity index (χ4v) is 5.07. The number of fused-ring (bicyclic) bond motifs is 1. The lowest BCUT2D eigenvalue weighted by molar-refractivity contribution is -0.898. The van der Waals surface area contributed by atoms with E-state index in [0.29, 0.717) is 6.54 Å². The highest BCUT2D eigenvalue weighted by molar-refractivity contribution is 7.18. The number of piperazine rings is 1. The number of hydrogen-bond acceptors (Lipinski definition) is 4. The molecule has 1 unspecified atom stereocenters. The molecule has 0 bridgehead atoms. The van der Waals surface area contributed by atoms with Crippen molar-refractivity contribution in [3.63, 3.8) is 0 Å². The van der Waals surface area contributed by atoms with Gasteiger partial charge in [0.2, 0.25) is 0 Å². The first-order valence-corrected chi connectivity index (χ1v) is 11.6. The minimum Gasteiger partial charge on any atom is -0.360 e. The number of nitrogens with one attached hydrogen (secondary N) is 3. The van der Waals surface area contributed by atoms with Crippen molar-refractivity contribution in [3.05, 3.63) is 53.5 Å². The van der Waals surface area contributed by atoms with Crippen molar-refractivity contribution >= 4 is 38.8 Å². The molecular formula is C23H31N5OS+2. The van der Waals surface area contributed by atoms with Crippen LogP contribution in [0, 0.1) is 0 Å². The number of quaternary nitrogens is 2. The van der Waals surface area contributed by atoms with Crippen molar-refractivity contribution in [2.75, 3.05) is 56.5 Å². The zero-order chi connectivity index (χ0) is 20.9. The van der Waals surface area contributed by atoms with Gasteiger partial charge in [-0.3, -0.25) is 4.79 Å². The average Bonchev–Trinajstić information content (AvgIpc) is 3.16. The zero-order valence-electron chi connectivity index (χ0n) is 17.8. The quantitative estimate of drug-likeness (QED) is 0.522. The van der Waals surface area contributed by atoms with E-state index < -0.39 is 0 Å². The van der Waals surface area contributed by atoms with Crippen LogP contribution < -0.4 is 20.0 Å². The molecule has 1 saturated heterocycles. The Labute approximate surface area is 182 Å². The monoisotopic (exact) mass is 425 g/mol. The average molecular weight is 426 g/mol. The molecule has 1 aromatic heterocycles. The Kier molecular flexibility index (Phi) is 6.62. The van der Waals surface area contributed by atoms with Gasteiger partial charge in [0.25, 0.3) is 5.91 Å². The third-order valence-corrected chi connectivity index (χ3v) is 6.78. The molecular weight excluding hydrogens is 394 g/mol. The van der Waals surface area contributed by atoms with Gasteiger partial charge in [-0.15, -0.1) is 11.3 Å². The van der Waals surface area contributed by atoms with Crippen LogP contribution >= 0.6 is 11.3 Å². The minimum absolute atomic E-state index is 0.0292. The van der Waals surface area contributed by atoms with Crippen molar-refractivity contribution < 1.29 is 14.6 Å². The number of aromatic nitrogens is 1. The smallest absolute Gasteiger partial charge is 0.279 e. The Morgan fingerprint density at radius 3 is 2.60 bits per heavy atom. The summed E-state index contributed by atoms with van der Waals surface area (Å²) in [5, 5.41) is 4.10. The second-order valence-corrected chi connectivity index (χ2v) is 9.19. The van der Waals surface area contributed by atoms with Gasteiger partial charge < -0.3 is 20.0 Å². The van der Waals surface area contributed by atoms with Gasteiger partial charge >= 0.3 is 0 Å². The van der Waals surface area contributed by atoms with Gasteiger partial charge in [-0.25, -0.2) is 4.98 Å². The molecule has 7 heteroatoms. The Morgan fingerprint density at radius 1 is 1.17 bits per heavy atom. The molecule has 1 aliphatic rings. The van der Waals surface area contributed by atoms with Gasteiger partial charge in [-0.05, 0) is 43.3 Å². The summed E-state index contributed by atoms with van der Waals surface area (Å²) in [6.45, 7) is 9.19. The first kappa shape index (κ1) is 20.8. The van der Waals surface area contributed by atoms with Crippen LogP contribution in [0.15, 0.2) is 48.5 Å². The number of amides is 1. The van der Waals surface area contributed by atoms with E-state index in [4.69, 9.17) is 0 Å². The predicted molar refractivity (Wildman–Crippen MR) is 124 cm³/mol. The fourth-order valence-electron chi connectivity index (χ4n) is 3.99. The maximum absolute atomic E-state index is 12.5. The van der Waals surface area contributed by atoms with Crippen molar-refractivity contribution in [2.45, 2.75) is 13.5 Å². The van der Waals surface area contributed by atoms with Crippen molar-refractivity contribution in [1.29, 1.82) is 0 Å². The topological polar surface area (TPSA) is 54.1 Å². The predicted octanol–water partition coefficient (Wildman–Crippen LogP) is 0.675. The molecule has 6 nitrogen and oxygen atoms in total. The number of thiazole rings is 1. The molecule has 0 aliphatic carbocycles.